The van der Waals surface area contributed by atoms with Crippen LogP contribution in [0.4, 0.5) is 11.4 Å². The maximum absolute atomic E-state index is 12.6. The van der Waals surface area contributed by atoms with E-state index in [1.54, 1.807) is 18.2 Å². The molecule has 0 saturated carbocycles. The van der Waals surface area contributed by atoms with Gasteiger partial charge in [0.2, 0.25) is 5.91 Å². The molecule has 6 nitrogen and oxygen atoms in total. The van der Waals surface area contributed by atoms with E-state index in [0.717, 1.165) is 4.90 Å². The summed E-state index contributed by atoms with van der Waals surface area (Å²) in [4.78, 5) is 24.1. The van der Waals surface area contributed by atoms with E-state index in [2.05, 4.69) is 10.0 Å². The van der Waals surface area contributed by atoms with Gasteiger partial charge in [-0.3, -0.25) is 14.3 Å². The SMILES string of the molecule is CC(=O)c1ccc(NS(=O)(=O)c2ccc3c(c2)NC(=O)C[C@H](C)S3)cc1. The van der Waals surface area contributed by atoms with Crippen molar-refractivity contribution in [2.75, 3.05) is 10.0 Å². The van der Waals surface area contributed by atoms with E-state index in [1.807, 2.05) is 6.92 Å². The number of anilines is 2. The highest BCUT2D eigenvalue weighted by atomic mass is 32.2. The summed E-state index contributed by atoms with van der Waals surface area (Å²) in [5.74, 6) is -0.223. The van der Waals surface area contributed by atoms with Gasteiger partial charge in [-0.05, 0) is 49.4 Å². The molecule has 0 radical (unpaired) electrons. The second-order valence-corrected chi connectivity index (χ2v) is 9.24. The number of hydrogen-bond donors (Lipinski definition) is 2. The van der Waals surface area contributed by atoms with Crippen LogP contribution in [0.15, 0.2) is 52.3 Å². The molecule has 0 saturated heterocycles. The number of nitrogens with one attached hydrogen (secondary N) is 2. The molecule has 0 aliphatic carbocycles. The van der Waals surface area contributed by atoms with Crippen LogP contribution < -0.4 is 10.0 Å². The smallest absolute Gasteiger partial charge is 0.261 e. The van der Waals surface area contributed by atoms with Gasteiger partial charge < -0.3 is 5.32 Å². The van der Waals surface area contributed by atoms with Crippen LogP contribution in [0.3, 0.4) is 0 Å². The predicted octanol–water partition coefficient (Wildman–Crippen LogP) is 3.51. The lowest BCUT2D eigenvalue weighted by atomic mass is 10.1. The lowest BCUT2D eigenvalue weighted by Gasteiger charge is -2.12. The average molecular weight is 390 g/mol. The van der Waals surface area contributed by atoms with Gasteiger partial charge in [0.15, 0.2) is 5.78 Å². The minimum atomic E-state index is -3.82. The maximum Gasteiger partial charge on any atom is 0.261 e. The van der Waals surface area contributed by atoms with Crippen molar-refractivity contribution in [1.82, 2.24) is 0 Å². The van der Waals surface area contributed by atoms with Crippen molar-refractivity contribution < 1.29 is 18.0 Å². The molecule has 1 amide bonds. The molecule has 2 N–H and O–H groups in total. The van der Waals surface area contributed by atoms with E-state index >= 15 is 0 Å². The molecular weight excluding hydrogens is 372 g/mol. The molecule has 8 heteroatoms. The van der Waals surface area contributed by atoms with Gasteiger partial charge in [-0.25, -0.2) is 8.42 Å². The number of carbonyl (C=O) groups excluding carboxylic acids is 2. The van der Waals surface area contributed by atoms with Crippen LogP contribution in [-0.2, 0) is 14.8 Å². The zero-order valence-electron chi connectivity index (χ0n) is 14.3. The molecule has 0 bridgehead atoms. The van der Waals surface area contributed by atoms with E-state index in [4.69, 9.17) is 0 Å². The van der Waals surface area contributed by atoms with Crippen LogP contribution in [-0.4, -0.2) is 25.4 Å². The number of sulfonamides is 1. The van der Waals surface area contributed by atoms with Crippen LogP contribution in [0.25, 0.3) is 0 Å². The number of fused-ring (bicyclic) bond motifs is 1. The van der Waals surface area contributed by atoms with E-state index in [1.165, 1.54) is 43.0 Å². The highest BCUT2D eigenvalue weighted by Crippen LogP contribution is 2.36. The maximum atomic E-state index is 12.6. The molecule has 1 aliphatic rings. The summed E-state index contributed by atoms with van der Waals surface area (Å²) >= 11 is 1.53. The first-order chi connectivity index (χ1) is 12.2. The minimum Gasteiger partial charge on any atom is -0.325 e. The molecule has 0 unspecified atom stereocenters. The van der Waals surface area contributed by atoms with Gasteiger partial charge in [-0.1, -0.05) is 6.92 Å². The second kappa shape index (κ2) is 7.13. The normalized spacial score (nSPS) is 17.0. The monoisotopic (exact) mass is 390 g/mol. The number of Topliss-reactive ketones (excluding diaryl/α,β-unsaturated/α-hetero) is 1. The molecule has 3 rings (SSSR count). The number of benzene rings is 2. The van der Waals surface area contributed by atoms with Crippen LogP contribution in [0, 0.1) is 0 Å². The van der Waals surface area contributed by atoms with Crippen LogP contribution >= 0.6 is 11.8 Å². The third kappa shape index (κ3) is 4.08. The van der Waals surface area contributed by atoms with E-state index in [9.17, 15) is 18.0 Å². The van der Waals surface area contributed by atoms with Gasteiger partial charge >= 0.3 is 0 Å². The number of rotatable bonds is 4. The fourth-order valence-corrected chi connectivity index (χ4v) is 4.72. The summed E-state index contributed by atoms with van der Waals surface area (Å²) < 4.78 is 27.8. The molecular formula is C18H18N2O4S2. The van der Waals surface area contributed by atoms with E-state index in [-0.39, 0.29) is 21.8 Å². The molecule has 0 aromatic heterocycles. The first-order valence-corrected chi connectivity index (χ1v) is 10.4. The zero-order chi connectivity index (χ0) is 18.9. The Morgan fingerprint density at radius 2 is 1.88 bits per heavy atom. The molecule has 136 valence electrons. The van der Waals surface area contributed by atoms with Crippen molar-refractivity contribution in [2.24, 2.45) is 0 Å². The summed E-state index contributed by atoms with van der Waals surface area (Å²) in [6.45, 7) is 3.40. The molecule has 2 aromatic rings. The van der Waals surface area contributed by atoms with Crippen molar-refractivity contribution in [2.45, 2.75) is 35.3 Å². The third-order valence-corrected chi connectivity index (χ3v) is 6.44. The molecule has 1 aliphatic heterocycles. The molecule has 1 heterocycles. The van der Waals surface area contributed by atoms with Gasteiger partial charge in [-0.2, -0.15) is 0 Å². The lowest BCUT2D eigenvalue weighted by Crippen LogP contribution is -2.15. The minimum absolute atomic E-state index is 0.0577. The quantitative estimate of drug-likeness (QED) is 0.780. The van der Waals surface area contributed by atoms with Crippen molar-refractivity contribution in [3.05, 3.63) is 48.0 Å². The molecule has 2 aromatic carbocycles. The summed E-state index contributed by atoms with van der Waals surface area (Å²) in [7, 11) is -3.82. The van der Waals surface area contributed by atoms with Crippen LogP contribution in [0.1, 0.15) is 30.6 Å². The summed E-state index contributed by atoms with van der Waals surface area (Å²) in [6, 6.07) is 10.9. The molecule has 0 spiro atoms. The van der Waals surface area contributed by atoms with Crippen molar-refractivity contribution >= 4 is 44.9 Å². The summed E-state index contributed by atoms with van der Waals surface area (Å²) in [5, 5.41) is 2.88. The Kier molecular flexibility index (Phi) is 5.06. The third-order valence-electron chi connectivity index (χ3n) is 3.88. The van der Waals surface area contributed by atoms with Gasteiger partial charge in [0, 0.05) is 27.8 Å². The summed E-state index contributed by atoms with van der Waals surface area (Å²) in [6.07, 6.45) is 0.377. The van der Waals surface area contributed by atoms with Crippen molar-refractivity contribution in [3.63, 3.8) is 0 Å². The fraction of sp³-hybridized carbons (Fsp3) is 0.222. The largest absolute Gasteiger partial charge is 0.325 e. The first kappa shape index (κ1) is 18.5. The fourth-order valence-electron chi connectivity index (χ4n) is 2.58. The van der Waals surface area contributed by atoms with Crippen LogP contribution in [0.5, 0.6) is 0 Å². The van der Waals surface area contributed by atoms with Crippen molar-refractivity contribution in [3.8, 4) is 0 Å². The zero-order valence-corrected chi connectivity index (χ0v) is 15.9. The number of hydrogen-bond acceptors (Lipinski definition) is 5. The Labute approximate surface area is 156 Å². The Morgan fingerprint density at radius 1 is 1.19 bits per heavy atom. The standard InChI is InChI=1S/C18H18N2O4S2/c1-11-9-18(22)19-16-10-15(7-8-17(16)25-11)26(23,24)20-14-5-3-13(4-6-14)12(2)21/h3-8,10-11,20H,9H2,1-2H3,(H,19,22)/t11-/m0/s1. The first-order valence-electron chi connectivity index (χ1n) is 7.99. The second-order valence-electron chi connectivity index (χ2n) is 6.08. The molecule has 26 heavy (non-hydrogen) atoms. The number of ketones is 1. The Morgan fingerprint density at radius 3 is 2.54 bits per heavy atom. The summed E-state index contributed by atoms with van der Waals surface area (Å²) in [5.41, 5.74) is 1.36. The predicted molar refractivity (Wildman–Crippen MR) is 102 cm³/mol. The Hall–Kier alpha value is -2.32. The lowest BCUT2D eigenvalue weighted by molar-refractivity contribution is -0.116. The van der Waals surface area contributed by atoms with Gasteiger partial charge in [0.1, 0.15) is 0 Å². The van der Waals surface area contributed by atoms with Crippen molar-refractivity contribution in [1.29, 1.82) is 0 Å². The van der Waals surface area contributed by atoms with E-state index < -0.39 is 10.0 Å². The number of amides is 1. The Balaban J connectivity index is 1.88. The topological polar surface area (TPSA) is 92.3 Å². The highest BCUT2D eigenvalue weighted by Gasteiger charge is 2.22. The van der Waals surface area contributed by atoms with Gasteiger partial charge in [0.05, 0.1) is 10.6 Å². The van der Waals surface area contributed by atoms with Crippen LogP contribution in [0.2, 0.25) is 0 Å². The van der Waals surface area contributed by atoms with Gasteiger partial charge in [0.25, 0.3) is 10.0 Å². The number of carbonyl (C=O) groups is 2. The average Bonchev–Trinajstić information content (AvgIpc) is 2.70. The van der Waals surface area contributed by atoms with Gasteiger partial charge in [-0.15, -0.1) is 11.8 Å². The Bertz CT molecular complexity index is 969. The molecule has 1 atom stereocenters. The molecule has 0 fully saturated rings. The van der Waals surface area contributed by atoms with E-state index in [0.29, 0.717) is 23.4 Å². The highest BCUT2D eigenvalue weighted by molar-refractivity contribution is 8.00. The number of thioether (sulfide) groups is 1.